The van der Waals surface area contributed by atoms with Crippen LogP contribution in [0.25, 0.3) is 0 Å². The van der Waals surface area contributed by atoms with Gasteiger partial charge in [-0.25, -0.2) is 0 Å². The Kier molecular flexibility index (Phi) is 5.18. The van der Waals surface area contributed by atoms with Crippen LogP contribution in [0.1, 0.15) is 47.1 Å². The van der Waals surface area contributed by atoms with Crippen molar-refractivity contribution in [2.75, 3.05) is 19.5 Å². The summed E-state index contributed by atoms with van der Waals surface area (Å²) >= 11 is 6.60. The van der Waals surface area contributed by atoms with Crippen LogP contribution in [0.4, 0.5) is 5.82 Å². The number of H-pyrrole nitrogens is 1. The van der Waals surface area contributed by atoms with Crippen molar-refractivity contribution in [3.8, 4) is 11.5 Å². The Hall–Kier alpha value is -3.25. The fourth-order valence-corrected chi connectivity index (χ4v) is 5.17. The highest BCUT2D eigenvalue weighted by atomic mass is 35.5. The van der Waals surface area contributed by atoms with Gasteiger partial charge in [0.05, 0.1) is 14.2 Å². The van der Waals surface area contributed by atoms with Crippen molar-refractivity contribution in [3.05, 3.63) is 81.1 Å². The lowest BCUT2D eigenvalue weighted by atomic mass is 9.72. The maximum absolute atomic E-state index is 13.6. The van der Waals surface area contributed by atoms with Crippen molar-refractivity contribution < 1.29 is 14.3 Å². The molecule has 3 aromatic rings. The minimum atomic E-state index is -0.243. The smallest absolute Gasteiger partial charge is 0.162 e. The number of aromatic nitrogens is 2. The van der Waals surface area contributed by atoms with E-state index >= 15 is 0 Å². The number of rotatable bonds is 4. The zero-order chi connectivity index (χ0) is 22.4. The summed E-state index contributed by atoms with van der Waals surface area (Å²) in [5.41, 5.74) is 5.57. The monoisotopic (exact) mass is 449 g/mol. The third-order valence-corrected chi connectivity index (χ3v) is 6.79. The third kappa shape index (κ3) is 3.26. The van der Waals surface area contributed by atoms with Crippen molar-refractivity contribution >= 4 is 23.2 Å². The summed E-state index contributed by atoms with van der Waals surface area (Å²) in [7, 11) is 3.23. The van der Waals surface area contributed by atoms with Crippen LogP contribution in [0.2, 0.25) is 5.02 Å². The quantitative estimate of drug-likeness (QED) is 0.561. The number of carbonyl (C=O) groups excluding carboxylic acids is 1. The number of carbonyl (C=O) groups is 1. The van der Waals surface area contributed by atoms with Gasteiger partial charge in [-0.15, -0.1) is 0 Å². The van der Waals surface area contributed by atoms with Crippen molar-refractivity contribution in [3.63, 3.8) is 0 Å². The number of halogens is 1. The average Bonchev–Trinajstić information content (AvgIpc) is 3.17. The van der Waals surface area contributed by atoms with Gasteiger partial charge in [0.25, 0.3) is 0 Å². The molecule has 2 N–H and O–H groups in total. The molecule has 0 saturated carbocycles. The maximum Gasteiger partial charge on any atom is 0.162 e. The number of nitrogens with zero attached hydrogens (tertiary/aromatic N) is 1. The van der Waals surface area contributed by atoms with Gasteiger partial charge in [-0.05, 0) is 48.6 Å². The van der Waals surface area contributed by atoms with Crippen LogP contribution >= 0.6 is 11.6 Å². The Balaban J connectivity index is 1.59. The second kappa shape index (κ2) is 8.02. The number of hydrogen-bond acceptors (Lipinski definition) is 5. The first-order chi connectivity index (χ1) is 15.5. The molecule has 0 amide bonds. The molecule has 32 heavy (non-hydrogen) atoms. The summed E-state index contributed by atoms with van der Waals surface area (Å²) in [5.74, 6) is 1.99. The molecule has 2 aromatic carbocycles. The van der Waals surface area contributed by atoms with Crippen LogP contribution < -0.4 is 14.8 Å². The van der Waals surface area contributed by atoms with Gasteiger partial charge in [-0.1, -0.05) is 35.9 Å². The number of methoxy groups -OCH3 is 2. The fraction of sp³-hybridized carbons (Fsp3) is 0.280. The molecule has 0 unspecified atom stereocenters. The van der Waals surface area contributed by atoms with Crippen LogP contribution in [0.5, 0.6) is 11.5 Å². The standard InChI is InChI=1S/C25H24ClN3O3/c1-13-22-23(16-6-4-5-7-17(16)26)24-18(27-25(22)29-28-13)10-15(11-19(24)30)14-8-9-20(31-2)21(12-14)32-3/h4-9,12,15,23H,10-11H2,1-3H3,(H2,27,28,29)/t15-,23+/m0/s1. The second-order valence-electron chi connectivity index (χ2n) is 8.23. The van der Waals surface area contributed by atoms with Gasteiger partial charge in [0, 0.05) is 39.9 Å². The number of fused-ring (bicyclic) bond motifs is 1. The van der Waals surface area contributed by atoms with E-state index in [1.165, 1.54) is 0 Å². The highest BCUT2D eigenvalue weighted by Gasteiger charge is 2.41. The molecule has 0 spiro atoms. The predicted molar refractivity (Wildman–Crippen MR) is 124 cm³/mol. The molecule has 6 nitrogen and oxygen atoms in total. The van der Waals surface area contributed by atoms with Crippen molar-refractivity contribution in [1.29, 1.82) is 0 Å². The third-order valence-electron chi connectivity index (χ3n) is 6.44. The van der Waals surface area contributed by atoms with E-state index in [0.717, 1.165) is 39.5 Å². The van der Waals surface area contributed by atoms with E-state index in [4.69, 9.17) is 21.1 Å². The molecule has 0 saturated heterocycles. The molecule has 0 bridgehead atoms. The number of allylic oxidation sites excluding steroid dienone is 2. The molecule has 7 heteroatoms. The lowest BCUT2D eigenvalue weighted by Crippen LogP contribution is -2.30. The van der Waals surface area contributed by atoms with Crippen LogP contribution in [0, 0.1) is 6.92 Å². The number of hydrogen-bond donors (Lipinski definition) is 2. The number of aryl methyl sites for hydroxylation is 1. The molecule has 1 aliphatic carbocycles. The topological polar surface area (TPSA) is 76.2 Å². The molecule has 1 aliphatic heterocycles. The Morgan fingerprint density at radius 1 is 1.06 bits per heavy atom. The highest BCUT2D eigenvalue weighted by molar-refractivity contribution is 6.31. The number of ketones is 1. The van der Waals surface area contributed by atoms with Gasteiger partial charge < -0.3 is 14.8 Å². The number of ether oxygens (including phenoxy) is 2. The summed E-state index contributed by atoms with van der Waals surface area (Å²) in [5, 5.41) is 11.6. The predicted octanol–water partition coefficient (Wildman–Crippen LogP) is 5.35. The van der Waals surface area contributed by atoms with E-state index in [2.05, 4.69) is 15.5 Å². The van der Waals surface area contributed by atoms with Crippen molar-refractivity contribution in [2.24, 2.45) is 0 Å². The molecule has 2 heterocycles. The maximum atomic E-state index is 13.6. The van der Waals surface area contributed by atoms with E-state index in [1.54, 1.807) is 14.2 Å². The van der Waals surface area contributed by atoms with Gasteiger partial charge in [0.1, 0.15) is 0 Å². The fourth-order valence-electron chi connectivity index (χ4n) is 4.92. The van der Waals surface area contributed by atoms with E-state index < -0.39 is 0 Å². The molecule has 5 rings (SSSR count). The van der Waals surface area contributed by atoms with E-state index in [0.29, 0.717) is 29.4 Å². The van der Waals surface area contributed by atoms with Crippen LogP contribution in [-0.2, 0) is 4.79 Å². The number of nitrogens with one attached hydrogen (secondary N) is 2. The van der Waals surface area contributed by atoms with E-state index in [9.17, 15) is 4.79 Å². The van der Waals surface area contributed by atoms with Gasteiger partial charge in [-0.3, -0.25) is 9.89 Å². The van der Waals surface area contributed by atoms with Crippen LogP contribution in [0.15, 0.2) is 53.7 Å². The molecule has 164 valence electrons. The van der Waals surface area contributed by atoms with Crippen LogP contribution in [0.3, 0.4) is 0 Å². The SMILES string of the molecule is COc1ccc([C@@H]2CC(=O)C3=C(C2)Nc2n[nH]c(C)c2[C@H]3c2ccccc2Cl)cc1OC. The van der Waals surface area contributed by atoms with Crippen molar-refractivity contribution in [2.45, 2.75) is 31.6 Å². The molecule has 0 radical (unpaired) electrons. The lowest BCUT2D eigenvalue weighted by Gasteiger charge is -2.35. The average molecular weight is 450 g/mol. The number of anilines is 1. The van der Waals surface area contributed by atoms with Gasteiger partial charge in [0.2, 0.25) is 0 Å². The second-order valence-corrected chi connectivity index (χ2v) is 8.63. The molecular weight excluding hydrogens is 426 g/mol. The summed E-state index contributed by atoms with van der Waals surface area (Å²) in [6.45, 7) is 1.97. The Morgan fingerprint density at radius 3 is 2.59 bits per heavy atom. The van der Waals surface area contributed by atoms with Crippen LogP contribution in [-0.4, -0.2) is 30.2 Å². The Morgan fingerprint density at radius 2 is 1.84 bits per heavy atom. The highest BCUT2D eigenvalue weighted by Crippen LogP contribution is 2.49. The zero-order valence-corrected chi connectivity index (χ0v) is 18.9. The van der Waals surface area contributed by atoms with Gasteiger partial charge in [-0.2, -0.15) is 5.10 Å². The Bertz CT molecular complexity index is 1250. The Labute approximate surface area is 191 Å². The minimum absolute atomic E-state index is 0.0297. The van der Waals surface area contributed by atoms with E-state index in [1.807, 2.05) is 49.4 Å². The first kappa shape index (κ1) is 20.6. The number of Topliss-reactive ketones (excluding diaryl/α,β-unsaturated/α-hetero) is 1. The number of aromatic amines is 1. The molecule has 1 aromatic heterocycles. The number of benzene rings is 2. The van der Waals surface area contributed by atoms with Gasteiger partial charge >= 0.3 is 0 Å². The normalized spacial score (nSPS) is 19.8. The first-order valence-electron chi connectivity index (χ1n) is 10.6. The zero-order valence-electron chi connectivity index (χ0n) is 18.2. The lowest BCUT2D eigenvalue weighted by molar-refractivity contribution is -0.116. The summed E-state index contributed by atoms with van der Waals surface area (Å²) in [6, 6.07) is 13.6. The largest absolute Gasteiger partial charge is 0.493 e. The summed E-state index contributed by atoms with van der Waals surface area (Å²) in [6.07, 6.45) is 1.12. The minimum Gasteiger partial charge on any atom is -0.493 e. The molecular formula is C25H24ClN3O3. The molecule has 0 fully saturated rings. The summed E-state index contributed by atoms with van der Waals surface area (Å²) < 4.78 is 10.8. The molecule has 2 aliphatic rings. The van der Waals surface area contributed by atoms with Crippen molar-refractivity contribution in [1.82, 2.24) is 10.2 Å². The summed E-state index contributed by atoms with van der Waals surface area (Å²) in [4.78, 5) is 13.6. The van der Waals surface area contributed by atoms with Gasteiger partial charge in [0.15, 0.2) is 23.1 Å². The molecule has 2 atom stereocenters. The van der Waals surface area contributed by atoms with E-state index in [-0.39, 0.29) is 17.6 Å². The first-order valence-corrected chi connectivity index (χ1v) is 10.9.